The molecule has 188 valence electrons. The summed E-state index contributed by atoms with van der Waals surface area (Å²) in [7, 11) is 0. The van der Waals surface area contributed by atoms with Crippen molar-refractivity contribution < 1.29 is 15.3 Å². The first kappa shape index (κ1) is 24.3. The zero-order valence-electron chi connectivity index (χ0n) is 22.4. The van der Waals surface area contributed by atoms with Gasteiger partial charge in [-0.05, 0) is 103 Å². The third kappa shape index (κ3) is 2.97. The molecule has 0 aromatic carbocycles. The van der Waals surface area contributed by atoms with E-state index < -0.39 is 17.6 Å². The molecule has 3 N–H and O–H groups in total. The molecule has 0 saturated heterocycles. The molecule has 3 heteroatoms. The van der Waals surface area contributed by atoms with Crippen molar-refractivity contribution in [1.29, 1.82) is 0 Å². The molecular formula is C30H50O3. The van der Waals surface area contributed by atoms with Crippen LogP contribution in [0.1, 0.15) is 106 Å². The van der Waals surface area contributed by atoms with Crippen molar-refractivity contribution in [2.45, 2.75) is 118 Å². The largest absolute Gasteiger partial charge is 0.396 e. The van der Waals surface area contributed by atoms with E-state index in [-0.39, 0.29) is 28.8 Å². The predicted octanol–water partition coefficient (Wildman–Crippen LogP) is 6.11. The van der Waals surface area contributed by atoms with Crippen molar-refractivity contribution in [3.05, 3.63) is 11.6 Å². The van der Waals surface area contributed by atoms with E-state index in [9.17, 15) is 15.3 Å². The third-order valence-electron chi connectivity index (χ3n) is 13.2. The van der Waals surface area contributed by atoms with Gasteiger partial charge in [-0.15, -0.1) is 0 Å². The summed E-state index contributed by atoms with van der Waals surface area (Å²) in [5.41, 5.74) is 2.36. The molecule has 5 aliphatic carbocycles. The lowest BCUT2D eigenvalue weighted by molar-refractivity contribution is -0.243. The summed E-state index contributed by atoms with van der Waals surface area (Å²) in [6, 6.07) is 0. The minimum atomic E-state index is -0.838. The number of hydrogen-bond donors (Lipinski definition) is 3. The number of aliphatic hydroxyl groups is 3. The molecule has 4 fully saturated rings. The molecule has 0 aromatic rings. The van der Waals surface area contributed by atoms with Gasteiger partial charge in [0.2, 0.25) is 0 Å². The highest BCUT2D eigenvalue weighted by molar-refractivity contribution is 5.33. The SMILES string of the molecule is CC1(C)CC[C@]2(C)CC[C@]3(C)C(=CC[C@@H]4[C@@]5(C)C[C@@H](O)[C@H](O)C(C)(CO)C5CC[C@]43C)[C@H]2C1. The van der Waals surface area contributed by atoms with Crippen molar-refractivity contribution >= 4 is 0 Å². The van der Waals surface area contributed by atoms with Gasteiger partial charge in [-0.2, -0.15) is 0 Å². The second kappa shape index (κ2) is 7.10. The van der Waals surface area contributed by atoms with E-state index in [0.29, 0.717) is 29.1 Å². The molecule has 10 atom stereocenters. The Morgan fingerprint density at radius 3 is 2.18 bits per heavy atom. The van der Waals surface area contributed by atoms with Crippen LogP contribution in [-0.2, 0) is 0 Å². The van der Waals surface area contributed by atoms with Crippen molar-refractivity contribution in [2.75, 3.05) is 6.61 Å². The summed E-state index contributed by atoms with van der Waals surface area (Å²) in [5.74, 6) is 1.42. The maximum atomic E-state index is 11.0. The molecule has 4 saturated carbocycles. The summed E-state index contributed by atoms with van der Waals surface area (Å²) < 4.78 is 0. The monoisotopic (exact) mass is 458 g/mol. The first-order chi connectivity index (χ1) is 15.2. The zero-order valence-corrected chi connectivity index (χ0v) is 22.4. The summed E-state index contributed by atoms with van der Waals surface area (Å²) >= 11 is 0. The van der Waals surface area contributed by atoms with Crippen LogP contribution in [0.4, 0.5) is 0 Å². The third-order valence-corrected chi connectivity index (χ3v) is 13.2. The van der Waals surface area contributed by atoms with E-state index in [0.717, 1.165) is 19.3 Å². The van der Waals surface area contributed by atoms with Crippen LogP contribution >= 0.6 is 0 Å². The second-order valence-corrected chi connectivity index (χ2v) is 15.2. The highest BCUT2D eigenvalue weighted by Gasteiger charge is 2.69. The van der Waals surface area contributed by atoms with Gasteiger partial charge < -0.3 is 15.3 Å². The Morgan fingerprint density at radius 2 is 1.52 bits per heavy atom. The van der Waals surface area contributed by atoms with Crippen molar-refractivity contribution in [3.63, 3.8) is 0 Å². The van der Waals surface area contributed by atoms with Gasteiger partial charge in [-0.3, -0.25) is 0 Å². The molecule has 3 nitrogen and oxygen atoms in total. The Kier molecular flexibility index (Phi) is 5.23. The normalized spacial score (nSPS) is 57.8. The number of rotatable bonds is 1. The summed E-state index contributed by atoms with van der Waals surface area (Å²) in [5, 5.41) is 32.3. The first-order valence-corrected chi connectivity index (χ1v) is 13.8. The zero-order chi connectivity index (χ0) is 24.2. The molecular weight excluding hydrogens is 408 g/mol. The number of allylic oxidation sites excluding steroid dienone is 2. The van der Waals surface area contributed by atoms with Gasteiger partial charge in [-0.25, -0.2) is 0 Å². The van der Waals surface area contributed by atoms with Crippen LogP contribution in [0.5, 0.6) is 0 Å². The van der Waals surface area contributed by atoms with Gasteiger partial charge in [0.15, 0.2) is 0 Å². The Labute approximate surface area is 202 Å². The van der Waals surface area contributed by atoms with E-state index >= 15 is 0 Å². The van der Waals surface area contributed by atoms with Gasteiger partial charge in [0, 0.05) is 5.41 Å². The minimum Gasteiger partial charge on any atom is -0.396 e. The van der Waals surface area contributed by atoms with Gasteiger partial charge in [0.25, 0.3) is 0 Å². The highest BCUT2D eigenvalue weighted by atomic mass is 16.3. The lowest BCUT2D eigenvalue weighted by atomic mass is 9.33. The molecule has 2 unspecified atom stereocenters. The molecule has 0 aliphatic heterocycles. The average molecular weight is 459 g/mol. The van der Waals surface area contributed by atoms with E-state index in [1.54, 1.807) is 5.57 Å². The average Bonchev–Trinajstić information content (AvgIpc) is 2.73. The van der Waals surface area contributed by atoms with Crippen molar-refractivity contribution in [2.24, 2.45) is 50.2 Å². The smallest absolute Gasteiger partial charge is 0.0877 e. The molecule has 0 aromatic heterocycles. The molecule has 5 aliphatic rings. The molecule has 0 amide bonds. The second-order valence-electron chi connectivity index (χ2n) is 15.2. The summed E-state index contributed by atoms with van der Waals surface area (Å²) in [6.45, 7) is 17.1. The fourth-order valence-electron chi connectivity index (χ4n) is 10.7. The Hall–Kier alpha value is -0.380. The van der Waals surface area contributed by atoms with Gasteiger partial charge in [0.05, 0.1) is 18.8 Å². The quantitative estimate of drug-likeness (QED) is 0.415. The van der Waals surface area contributed by atoms with Gasteiger partial charge in [-0.1, -0.05) is 60.1 Å². The van der Waals surface area contributed by atoms with Crippen LogP contribution < -0.4 is 0 Å². The summed E-state index contributed by atoms with van der Waals surface area (Å²) in [4.78, 5) is 0. The number of hydrogen-bond acceptors (Lipinski definition) is 3. The molecule has 5 rings (SSSR count). The Balaban J connectivity index is 1.59. The van der Waals surface area contributed by atoms with Crippen LogP contribution in [0.2, 0.25) is 0 Å². The Bertz CT molecular complexity index is 847. The van der Waals surface area contributed by atoms with E-state index in [2.05, 4.69) is 47.6 Å². The molecule has 0 spiro atoms. The lowest BCUT2D eigenvalue weighted by Crippen LogP contribution is -2.67. The molecule has 33 heavy (non-hydrogen) atoms. The minimum absolute atomic E-state index is 0.0528. The first-order valence-electron chi connectivity index (χ1n) is 13.8. The van der Waals surface area contributed by atoms with E-state index in [1.165, 1.54) is 32.1 Å². The van der Waals surface area contributed by atoms with Crippen molar-refractivity contribution in [1.82, 2.24) is 0 Å². The maximum Gasteiger partial charge on any atom is 0.0877 e. The van der Waals surface area contributed by atoms with Crippen LogP contribution in [0, 0.1) is 50.2 Å². The van der Waals surface area contributed by atoms with Crippen molar-refractivity contribution in [3.8, 4) is 0 Å². The molecule has 0 bridgehead atoms. The summed E-state index contributed by atoms with van der Waals surface area (Å²) in [6.07, 6.45) is 11.7. The highest BCUT2D eigenvalue weighted by Crippen LogP contribution is 2.75. The predicted molar refractivity (Wildman–Crippen MR) is 134 cm³/mol. The number of aliphatic hydroxyl groups excluding tert-OH is 3. The fraction of sp³-hybridized carbons (Fsp3) is 0.933. The van der Waals surface area contributed by atoms with E-state index in [4.69, 9.17) is 0 Å². The van der Waals surface area contributed by atoms with Gasteiger partial charge in [0.1, 0.15) is 0 Å². The lowest BCUT2D eigenvalue weighted by Gasteiger charge is -2.71. The van der Waals surface area contributed by atoms with Crippen LogP contribution in [0.25, 0.3) is 0 Å². The fourth-order valence-corrected chi connectivity index (χ4v) is 10.7. The maximum absolute atomic E-state index is 11.0. The van der Waals surface area contributed by atoms with Crippen LogP contribution in [0.3, 0.4) is 0 Å². The molecule has 0 radical (unpaired) electrons. The van der Waals surface area contributed by atoms with Crippen LogP contribution in [-0.4, -0.2) is 34.1 Å². The standard InChI is InChI=1S/C30H50O3/c1-25(2)12-13-26(3)14-15-29(6)19(20(26)16-25)8-9-23-27(4)17-21(32)24(33)28(5,18-31)22(27)10-11-30(23,29)7/h8,20-24,31-33H,9-18H2,1-7H3/t20-,21-,22?,23-,24+,26-,27+,28?,29-,30-/m1/s1. The topological polar surface area (TPSA) is 60.7 Å². The van der Waals surface area contributed by atoms with Crippen LogP contribution in [0.15, 0.2) is 11.6 Å². The van der Waals surface area contributed by atoms with Gasteiger partial charge >= 0.3 is 0 Å². The molecule has 0 heterocycles. The number of fused-ring (bicyclic) bond motifs is 7. The van der Waals surface area contributed by atoms with E-state index in [1.807, 2.05) is 6.92 Å². The Morgan fingerprint density at radius 1 is 0.848 bits per heavy atom.